The Morgan fingerprint density at radius 2 is 2.09 bits per heavy atom. The average Bonchev–Trinajstić information content (AvgIpc) is 2.55. The third kappa shape index (κ3) is 5.23. The molecule has 1 aromatic heterocycles. The molecule has 0 aliphatic carbocycles. The molecule has 0 atom stereocenters. The van der Waals surface area contributed by atoms with Crippen molar-refractivity contribution in [1.82, 2.24) is 4.98 Å². The number of aryl methyl sites for hydroxylation is 1. The number of ether oxygens (including phenoxy) is 1. The molecule has 1 aromatic carbocycles. The Kier molecular flexibility index (Phi) is 6.38. The van der Waals surface area contributed by atoms with Crippen LogP contribution >= 0.6 is 11.6 Å². The van der Waals surface area contributed by atoms with Crippen LogP contribution in [0.3, 0.4) is 0 Å². The van der Waals surface area contributed by atoms with E-state index in [1.54, 1.807) is 25.4 Å². The summed E-state index contributed by atoms with van der Waals surface area (Å²) < 4.78 is 5.00. The topological polar surface area (TPSA) is 63.2 Å². The minimum atomic E-state index is -0.273. The van der Waals surface area contributed by atoms with Crippen LogP contribution in [0.2, 0.25) is 5.02 Å². The van der Waals surface area contributed by atoms with Crippen molar-refractivity contribution in [3.05, 3.63) is 52.8 Å². The Morgan fingerprint density at radius 3 is 2.83 bits per heavy atom. The maximum atomic E-state index is 12.3. The van der Waals surface area contributed by atoms with Crippen molar-refractivity contribution in [2.45, 2.75) is 13.3 Å². The fourth-order valence-electron chi connectivity index (χ4n) is 1.98. The summed E-state index contributed by atoms with van der Waals surface area (Å²) in [5.74, 6) is -0.273. The highest BCUT2D eigenvalue weighted by Crippen LogP contribution is 2.20. The molecule has 0 saturated carbocycles. The number of pyridine rings is 1. The van der Waals surface area contributed by atoms with Gasteiger partial charge in [-0.2, -0.15) is 0 Å². The van der Waals surface area contributed by atoms with Crippen molar-refractivity contribution in [3.8, 4) is 0 Å². The molecule has 0 fully saturated rings. The van der Waals surface area contributed by atoms with Gasteiger partial charge in [-0.3, -0.25) is 9.78 Å². The molecule has 0 aliphatic rings. The van der Waals surface area contributed by atoms with Gasteiger partial charge >= 0.3 is 0 Å². The number of aromatic nitrogens is 1. The average molecular weight is 334 g/mol. The fraction of sp³-hybridized carbons (Fsp3) is 0.294. The minimum Gasteiger partial charge on any atom is -0.385 e. The van der Waals surface area contributed by atoms with Crippen LogP contribution in [-0.2, 0) is 4.74 Å². The molecule has 122 valence electrons. The fourth-order valence-corrected chi connectivity index (χ4v) is 2.16. The Morgan fingerprint density at radius 1 is 1.26 bits per heavy atom. The largest absolute Gasteiger partial charge is 0.385 e. The van der Waals surface area contributed by atoms with Gasteiger partial charge in [-0.1, -0.05) is 17.7 Å². The predicted molar refractivity (Wildman–Crippen MR) is 93.4 cm³/mol. The number of amides is 1. The molecule has 1 amide bonds. The van der Waals surface area contributed by atoms with Crippen LogP contribution in [0.15, 0.2) is 36.5 Å². The number of nitrogens with one attached hydrogen (secondary N) is 2. The molecule has 0 unspecified atom stereocenters. The molecule has 0 saturated heterocycles. The highest BCUT2D eigenvalue weighted by molar-refractivity contribution is 6.31. The summed E-state index contributed by atoms with van der Waals surface area (Å²) in [6, 6.07) is 8.94. The highest BCUT2D eigenvalue weighted by atomic mass is 35.5. The van der Waals surface area contributed by atoms with Crippen LogP contribution in [-0.4, -0.2) is 31.2 Å². The Bertz CT molecular complexity index is 677. The number of hydrogen-bond acceptors (Lipinski definition) is 4. The second kappa shape index (κ2) is 8.50. The lowest BCUT2D eigenvalue weighted by atomic mass is 10.2. The standard InChI is InChI=1S/C17H20ClN3O2/c1-12-4-5-14(10-15(12)18)21-17(22)16-11-13(6-8-20-16)19-7-3-9-23-2/h4-6,8,10-11H,3,7,9H2,1-2H3,(H,19,20)(H,21,22). The molecule has 1 heterocycles. The molecule has 2 N–H and O–H groups in total. The van der Waals surface area contributed by atoms with Gasteiger partial charge < -0.3 is 15.4 Å². The first-order valence-corrected chi connectivity index (χ1v) is 7.74. The zero-order valence-corrected chi connectivity index (χ0v) is 14.0. The van der Waals surface area contributed by atoms with E-state index in [2.05, 4.69) is 15.6 Å². The van der Waals surface area contributed by atoms with Crippen molar-refractivity contribution < 1.29 is 9.53 Å². The molecule has 0 aliphatic heterocycles. The number of benzene rings is 1. The molecular formula is C17H20ClN3O2. The minimum absolute atomic E-state index is 0.273. The molecule has 2 rings (SSSR count). The van der Waals surface area contributed by atoms with Gasteiger partial charge in [-0.05, 0) is 43.2 Å². The highest BCUT2D eigenvalue weighted by Gasteiger charge is 2.09. The summed E-state index contributed by atoms with van der Waals surface area (Å²) in [7, 11) is 1.67. The summed E-state index contributed by atoms with van der Waals surface area (Å²) >= 11 is 6.06. The zero-order valence-electron chi connectivity index (χ0n) is 13.2. The number of carbonyl (C=O) groups excluding carboxylic acids is 1. The lowest BCUT2D eigenvalue weighted by Crippen LogP contribution is -2.14. The first-order chi connectivity index (χ1) is 11.1. The van der Waals surface area contributed by atoms with E-state index in [0.717, 1.165) is 24.2 Å². The van der Waals surface area contributed by atoms with Gasteiger partial charge in [0, 0.05) is 42.9 Å². The normalized spacial score (nSPS) is 10.4. The molecule has 0 radical (unpaired) electrons. The van der Waals surface area contributed by atoms with Gasteiger partial charge in [0.1, 0.15) is 5.69 Å². The van der Waals surface area contributed by atoms with Crippen molar-refractivity contribution in [2.75, 3.05) is 30.9 Å². The van der Waals surface area contributed by atoms with E-state index in [1.165, 1.54) is 0 Å². The maximum Gasteiger partial charge on any atom is 0.274 e. The van der Waals surface area contributed by atoms with Crippen LogP contribution in [0.1, 0.15) is 22.5 Å². The third-order valence-corrected chi connectivity index (χ3v) is 3.68. The zero-order chi connectivity index (χ0) is 16.7. The van der Waals surface area contributed by atoms with E-state index < -0.39 is 0 Å². The number of carbonyl (C=O) groups is 1. The van der Waals surface area contributed by atoms with E-state index >= 15 is 0 Å². The van der Waals surface area contributed by atoms with E-state index in [-0.39, 0.29) is 5.91 Å². The molecule has 0 spiro atoms. The van der Waals surface area contributed by atoms with Gasteiger partial charge in [0.25, 0.3) is 5.91 Å². The van der Waals surface area contributed by atoms with Gasteiger partial charge in [0.2, 0.25) is 0 Å². The smallest absolute Gasteiger partial charge is 0.274 e. The summed E-state index contributed by atoms with van der Waals surface area (Å²) in [6.07, 6.45) is 2.50. The summed E-state index contributed by atoms with van der Waals surface area (Å²) in [5, 5.41) is 6.65. The molecule has 0 bridgehead atoms. The number of hydrogen-bond donors (Lipinski definition) is 2. The molecule has 6 heteroatoms. The van der Waals surface area contributed by atoms with Gasteiger partial charge in [0.05, 0.1) is 0 Å². The number of anilines is 2. The van der Waals surface area contributed by atoms with Crippen LogP contribution in [0.25, 0.3) is 0 Å². The Balaban J connectivity index is 2.00. The quantitative estimate of drug-likeness (QED) is 0.758. The lowest BCUT2D eigenvalue weighted by molar-refractivity contribution is 0.102. The van der Waals surface area contributed by atoms with Crippen LogP contribution in [0.5, 0.6) is 0 Å². The first kappa shape index (κ1) is 17.2. The van der Waals surface area contributed by atoms with Crippen LogP contribution in [0.4, 0.5) is 11.4 Å². The van der Waals surface area contributed by atoms with E-state index in [0.29, 0.717) is 23.0 Å². The van der Waals surface area contributed by atoms with Crippen LogP contribution < -0.4 is 10.6 Å². The molecular weight excluding hydrogens is 314 g/mol. The number of nitrogens with zero attached hydrogens (tertiary/aromatic N) is 1. The van der Waals surface area contributed by atoms with Gasteiger partial charge in [-0.15, -0.1) is 0 Å². The second-order valence-electron chi connectivity index (χ2n) is 5.12. The van der Waals surface area contributed by atoms with Crippen molar-refractivity contribution in [1.29, 1.82) is 0 Å². The molecule has 23 heavy (non-hydrogen) atoms. The van der Waals surface area contributed by atoms with Crippen molar-refractivity contribution in [2.24, 2.45) is 0 Å². The number of halogens is 1. The van der Waals surface area contributed by atoms with Gasteiger partial charge in [-0.25, -0.2) is 0 Å². The van der Waals surface area contributed by atoms with E-state index in [4.69, 9.17) is 16.3 Å². The van der Waals surface area contributed by atoms with E-state index in [1.807, 2.05) is 25.1 Å². The molecule has 2 aromatic rings. The Hall–Kier alpha value is -2.11. The van der Waals surface area contributed by atoms with Gasteiger partial charge in [0.15, 0.2) is 0 Å². The number of methoxy groups -OCH3 is 1. The maximum absolute atomic E-state index is 12.3. The van der Waals surface area contributed by atoms with Crippen molar-refractivity contribution >= 4 is 28.9 Å². The van der Waals surface area contributed by atoms with Crippen LogP contribution in [0, 0.1) is 6.92 Å². The monoisotopic (exact) mass is 333 g/mol. The SMILES string of the molecule is COCCCNc1ccnc(C(=O)Nc2ccc(C)c(Cl)c2)c1. The first-order valence-electron chi connectivity index (χ1n) is 7.36. The Labute approximate surface area is 141 Å². The second-order valence-corrected chi connectivity index (χ2v) is 5.53. The summed E-state index contributed by atoms with van der Waals surface area (Å²) in [4.78, 5) is 16.4. The predicted octanol–water partition coefficient (Wildman–Crippen LogP) is 3.74. The number of rotatable bonds is 7. The third-order valence-electron chi connectivity index (χ3n) is 3.28. The van der Waals surface area contributed by atoms with Crippen molar-refractivity contribution in [3.63, 3.8) is 0 Å². The summed E-state index contributed by atoms with van der Waals surface area (Å²) in [6.45, 7) is 3.38. The lowest BCUT2D eigenvalue weighted by Gasteiger charge is -2.09. The summed E-state index contributed by atoms with van der Waals surface area (Å²) in [5.41, 5.74) is 2.80. The molecule has 5 nitrogen and oxygen atoms in total. The van der Waals surface area contributed by atoms with E-state index in [9.17, 15) is 4.79 Å².